The summed E-state index contributed by atoms with van der Waals surface area (Å²) in [6.45, 7) is 2.75. The number of guanidine groups is 1. The third-order valence-electron chi connectivity index (χ3n) is 4.46. The molecule has 0 saturated carbocycles. The first kappa shape index (κ1) is 18.7. The van der Waals surface area contributed by atoms with Crippen LogP contribution in [0.5, 0.6) is 0 Å². The first-order valence-corrected chi connectivity index (χ1v) is 8.31. The Kier molecular flexibility index (Phi) is 7.02. The van der Waals surface area contributed by atoms with Gasteiger partial charge in [-0.25, -0.2) is 0 Å². The summed E-state index contributed by atoms with van der Waals surface area (Å²) in [5, 5.41) is 3.29. The molecule has 5 heteroatoms. The van der Waals surface area contributed by atoms with Crippen molar-refractivity contribution >= 4 is 35.6 Å². The lowest BCUT2D eigenvalue weighted by Gasteiger charge is -2.19. The van der Waals surface area contributed by atoms with Gasteiger partial charge >= 0.3 is 0 Å². The fraction of sp³-hybridized carbons (Fsp3) is 0.368. The Hall–Kier alpha value is -1.63. The van der Waals surface area contributed by atoms with Crippen LogP contribution in [-0.4, -0.2) is 17.5 Å². The minimum atomic E-state index is 0. The summed E-state index contributed by atoms with van der Waals surface area (Å²) in [7, 11) is 0. The van der Waals surface area contributed by atoms with Crippen molar-refractivity contribution in [2.24, 2.45) is 10.7 Å². The van der Waals surface area contributed by atoms with E-state index in [9.17, 15) is 0 Å². The Morgan fingerprint density at radius 2 is 2.08 bits per heavy atom. The lowest BCUT2D eigenvalue weighted by molar-refractivity contribution is 0.687. The first-order valence-electron chi connectivity index (χ1n) is 8.31. The van der Waals surface area contributed by atoms with Crippen molar-refractivity contribution in [2.75, 3.05) is 11.9 Å². The van der Waals surface area contributed by atoms with Crippen molar-refractivity contribution in [3.63, 3.8) is 0 Å². The van der Waals surface area contributed by atoms with Crippen LogP contribution in [-0.2, 0) is 19.3 Å². The number of nitrogens with two attached hydrogens (primary N) is 1. The molecule has 2 aromatic rings. The largest absolute Gasteiger partial charge is 0.370 e. The van der Waals surface area contributed by atoms with Crippen molar-refractivity contribution in [1.29, 1.82) is 0 Å². The second-order valence-electron chi connectivity index (χ2n) is 6.09. The molecule has 1 heterocycles. The number of nitrogens with zero attached hydrogens (tertiary/aromatic N) is 2. The van der Waals surface area contributed by atoms with E-state index in [0.717, 1.165) is 18.5 Å². The summed E-state index contributed by atoms with van der Waals surface area (Å²) < 4.78 is 0. The van der Waals surface area contributed by atoms with E-state index in [0.29, 0.717) is 12.5 Å². The van der Waals surface area contributed by atoms with Gasteiger partial charge in [0.2, 0.25) is 0 Å². The maximum atomic E-state index is 6.07. The minimum absolute atomic E-state index is 0. The van der Waals surface area contributed by atoms with E-state index >= 15 is 0 Å². The topological polar surface area (TPSA) is 63.3 Å². The fourth-order valence-corrected chi connectivity index (χ4v) is 3.16. The molecule has 0 atom stereocenters. The molecule has 0 saturated heterocycles. The van der Waals surface area contributed by atoms with Gasteiger partial charge in [-0.3, -0.25) is 9.98 Å². The number of aromatic nitrogens is 1. The molecule has 128 valence electrons. The average molecular weight is 436 g/mol. The van der Waals surface area contributed by atoms with E-state index in [2.05, 4.69) is 40.4 Å². The maximum absolute atomic E-state index is 6.07. The molecule has 4 nitrogen and oxygen atoms in total. The quantitative estimate of drug-likeness (QED) is 0.435. The number of pyridine rings is 1. The highest BCUT2D eigenvalue weighted by Crippen LogP contribution is 2.27. The smallest absolute Gasteiger partial charge is 0.193 e. The van der Waals surface area contributed by atoms with Crippen molar-refractivity contribution in [2.45, 2.75) is 39.0 Å². The second-order valence-corrected chi connectivity index (χ2v) is 6.09. The van der Waals surface area contributed by atoms with Crippen LogP contribution in [0.15, 0.2) is 41.7 Å². The van der Waals surface area contributed by atoms with Crippen LogP contribution in [0, 0.1) is 6.92 Å². The van der Waals surface area contributed by atoms with Crippen LogP contribution in [0.25, 0.3) is 0 Å². The van der Waals surface area contributed by atoms with Crippen LogP contribution in [0.2, 0.25) is 0 Å². The van der Waals surface area contributed by atoms with E-state index in [1.807, 2.05) is 18.5 Å². The van der Waals surface area contributed by atoms with E-state index < -0.39 is 0 Å². The molecule has 3 N–H and O–H groups in total. The van der Waals surface area contributed by atoms with Gasteiger partial charge in [-0.1, -0.05) is 12.1 Å². The van der Waals surface area contributed by atoms with Crippen LogP contribution < -0.4 is 11.1 Å². The predicted molar refractivity (Wildman–Crippen MR) is 111 cm³/mol. The minimum Gasteiger partial charge on any atom is -0.370 e. The molecule has 0 aliphatic heterocycles. The Labute approximate surface area is 161 Å². The van der Waals surface area contributed by atoms with Crippen molar-refractivity contribution in [1.82, 2.24) is 4.98 Å². The summed E-state index contributed by atoms with van der Waals surface area (Å²) in [6.07, 6.45) is 9.42. The zero-order valence-electron chi connectivity index (χ0n) is 14.1. The summed E-state index contributed by atoms with van der Waals surface area (Å²) >= 11 is 0. The molecule has 0 amide bonds. The third-order valence-corrected chi connectivity index (χ3v) is 4.46. The molecule has 1 aromatic carbocycles. The number of fused-ring (bicyclic) bond motifs is 1. The summed E-state index contributed by atoms with van der Waals surface area (Å²) in [6, 6.07) is 8.46. The van der Waals surface area contributed by atoms with E-state index in [1.54, 1.807) is 0 Å². The maximum Gasteiger partial charge on any atom is 0.193 e. The van der Waals surface area contributed by atoms with Gasteiger partial charge in [-0.2, -0.15) is 0 Å². The molecule has 1 aromatic heterocycles. The Morgan fingerprint density at radius 1 is 1.25 bits per heavy atom. The summed E-state index contributed by atoms with van der Waals surface area (Å²) in [5.41, 5.74) is 12.5. The Balaban J connectivity index is 0.00000208. The van der Waals surface area contributed by atoms with Crippen molar-refractivity contribution in [3.8, 4) is 0 Å². The fourth-order valence-electron chi connectivity index (χ4n) is 3.16. The standard InChI is InChI=1S/C19H24N4.HI/c1-14-13-21-11-9-15(14)10-12-22-19(20)23-18-8-4-6-16-5-2-3-7-17(16)18;/h4,6,8-9,11,13H,2-3,5,7,10,12H2,1H3,(H3,20,22,23);1H. The molecule has 0 spiro atoms. The van der Waals surface area contributed by atoms with Gasteiger partial charge < -0.3 is 11.1 Å². The van der Waals surface area contributed by atoms with Gasteiger partial charge in [0.15, 0.2) is 5.96 Å². The summed E-state index contributed by atoms with van der Waals surface area (Å²) in [5.74, 6) is 0.496. The Morgan fingerprint density at radius 3 is 2.92 bits per heavy atom. The van der Waals surface area contributed by atoms with Crippen LogP contribution >= 0.6 is 24.0 Å². The highest BCUT2D eigenvalue weighted by molar-refractivity contribution is 14.0. The number of rotatable bonds is 4. The average Bonchev–Trinajstić information content (AvgIpc) is 2.57. The van der Waals surface area contributed by atoms with Crippen LogP contribution in [0.4, 0.5) is 5.69 Å². The Bertz CT molecular complexity index is 712. The van der Waals surface area contributed by atoms with Crippen molar-refractivity contribution < 1.29 is 0 Å². The van der Waals surface area contributed by atoms with Gasteiger partial charge in [0.1, 0.15) is 0 Å². The highest BCUT2D eigenvalue weighted by atomic mass is 127. The van der Waals surface area contributed by atoms with Gasteiger partial charge in [-0.05, 0) is 73.4 Å². The molecular formula is C19H25IN4. The second kappa shape index (κ2) is 9.01. The molecule has 3 rings (SSSR count). The van der Waals surface area contributed by atoms with Crippen molar-refractivity contribution in [3.05, 3.63) is 58.9 Å². The number of aryl methyl sites for hydroxylation is 2. The molecule has 0 unspecified atom stereocenters. The van der Waals surface area contributed by atoms with Crippen LogP contribution in [0.3, 0.4) is 0 Å². The highest BCUT2D eigenvalue weighted by Gasteiger charge is 2.13. The normalized spacial score (nSPS) is 13.8. The molecule has 0 fully saturated rings. The lowest BCUT2D eigenvalue weighted by atomic mass is 9.90. The number of halogens is 1. The lowest BCUT2D eigenvalue weighted by Crippen LogP contribution is -2.24. The van der Waals surface area contributed by atoms with Gasteiger partial charge in [-0.15, -0.1) is 24.0 Å². The molecular weight excluding hydrogens is 411 g/mol. The van der Waals surface area contributed by atoms with E-state index in [-0.39, 0.29) is 24.0 Å². The van der Waals surface area contributed by atoms with E-state index in [1.165, 1.54) is 41.5 Å². The summed E-state index contributed by atoms with van der Waals surface area (Å²) in [4.78, 5) is 8.58. The number of anilines is 1. The predicted octanol–water partition coefficient (Wildman–Crippen LogP) is 3.86. The van der Waals surface area contributed by atoms with Gasteiger partial charge in [0.05, 0.1) is 0 Å². The molecule has 0 radical (unpaired) electrons. The third kappa shape index (κ3) is 4.69. The number of nitrogens with one attached hydrogen (secondary N) is 1. The zero-order chi connectivity index (χ0) is 16.1. The first-order chi connectivity index (χ1) is 11.2. The molecule has 0 bridgehead atoms. The monoisotopic (exact) mass is 436 g/mol. The zero-order valence-corrected chi connectivity index (χ0v) is 16.4. The van der Waals surface area contributed by atoms with Gasteiger partial charge in [0.25, 0.3) is 0 Å². The SMILES string of the molecule is Cc1cnccc1CCN=C(N)Nc1cccc2c1CCCC2.I. The number of hydrogen-bond donors (Lipinski definition) is 2. The van der Waals surface area contributed by atoms with Crippen LogP contribution in [0.1, 0.15) is 35.1 Å². The van der Waals surface area contributed by atoms with E-state index in [4.69, 9.17) is 5.73 Å². The number of aliphatic imine (C=N–C) groups is 1. The molecule has 1 aliphatic carbocycles. The number of benzene rings is 1. The molecule has 24 heavy (non-hydrogen) atoms. The number of hydrogen-bond acceptors (Lipinski definition) is 2. The van der Waals surface area contributed by atoms with Gasteiger partial charge in [0, 0.05) is 24.6 Å². The molecule has 1 aliphatic rings.